The van der Waals surface area contributed by atoms with Crippen molar-refractivity contribution < 1.29 is 4.74 Å². The number of benzene rings is 1. The summed E-state index contributed by atoms with van der Waals surface area (Å²) in [5, 5.41) is 0. The summed E-state index contributed by atoms with van der Waals surface area (Å²) < 4.78 is 5.85. The van der Waals surface area contributed by atoms with E-state index in [0.717, 1.165) is 13.2 Å². The van der Waals surface area contributed by atoms with E-state index in [1.165, 1.54) is 36.8 Å². The molecule has 1 heteroatoms. The monoisotopic (exact) mass is 314 g/mol. The van der Waals surface area contributed by atoms with Crippen molar-refractivity contribution in [2.75, 3.05) is 13.2 Å². The molecule has 0 spiro atoms. The Balaban J connectivity index is 2.43. The summed E-state index contributed by atoms with van der Waals surface area (Å²) in [7, 11) is 0. The van der Waals surface area contributed by atoms with Gasteiger partial charge in [0.15, 0.2) is 0 Å². The Morgan fingerprint density at radius 1 is 1.13 bits per heavy atom. The van der Waals surface area contributed by atoms with Gasteiger partial charge in [0.1, 0.15) is 0 Å². The first-order chi connectivity index (χ1) is 10.9. The third-order valence-corrected chi connectivity index (χ3v) is 5.30. The molecule has 1 nitrogen and oxygen atoms in total. The van der Waals surface area contributed by atoms with Crippen LogP contribution in [-0.2, 0) is 15.6 Å². The van der Waals surface area contributed by atoms with Crippen LogP contribution in [0.15, 0.2) is 36.4 Å². The van der Waals surface area contributed by atoms with Crippen LogP contribution in [0.4, 0.5) is 0 Å². The topological polar surface area (TPSA) is 9.23 Å². The highest BCUT2D eigenvalue weighted by Gasteiger charge is 2.38. The molecule has 1 aliphatic heterocycles. The molecule has 0 radical (unpaired) electrons. The number of hydrogen-bond donors (Lipinski definition) is 0. The largest absolute Gasteiger partial charge is 0.381 e. The molecule has 1 aliphatic rings. The SMILES string of the molecule is CC=CC(CCC)(c1ccc(C(C)(C)C)cc1)C1CCCOC1. The van der Waals surface area contributed by atoms with Crippen LogP contribution in [0, 0.1) is 5.92 Å². The van der Waals surface area contributed by atoms with E-state index in [0.29, 0.717) is 5.92 Å². The van der Waals surface area contributed by atoms with Gasteiger partial charge in [0, 0.05) is 12.0 Å². The Bertz CT molecular complexity index is 500. The molecule has 0 N–H and O–H groups in total. The normalized spacial score (nSPS) is 22.2. The number of hydrogen-bond acceptors (Lipinski definition) is 1. The van der Waals surface area contributed by atoms with Crippen LogP contribution in [0.2, 0.25) is 0 Å². The van der Waals surface area contributed by atoms with Crippen LogP contribution in [0.3, 0.4) is 0 Å². The fourth-order valence-corrected chi connectivity index (χ4v) is 4.04. The lowest BCUT2D eigenvalue weighted by molar-refractivity contribution is 0.0275. The van der Waals surface area contributed by atoms with Gasteiger partial charge in [0.25, 0.3) is 0 Å². The predicted octanol–water partition coefficient (Wildman–Crippen LogP) is 6.02. The number of allylic oxidation sites excluding steroid dienone is 2. The van der Waals surface area contributed by atoms with Crippen LogP contribution in [0.5, 0.6) is 0 Å². The molecule has 128 valence electrons. The molecule has 0 bridgehead atoms. The van der Waals surface area contributed by atoms with E-state index >= 15 is 0 Å². The maximum Gasteiger partial charge on any atom is 0.0505 e. The fraction of sp³-hybridized carbons (Fsp3) is 0.636. The van der Waals surface area contributed by atoms with Gasteiger partial charge in [-0.15, -0.1) is 0 Å². The molecule has 1 heterocycles. The summed E-state index contributed by atoms with van der Waals surface area (Å²) in [4.78, 5) is 0. The van der Waals surface area contributed by atoms with Crippen molar-refractivity contribution in [1.29, 1.82) is 0 Å². The van der Waals surface area contributed by atoms with Crippen molar-refractivity contribution in [2.45, 2.75) is 71.1 Å². The van der Waals surface area contributed by atoms with Crippen LogP contribution >= 0.6 is 0 Å². The lowest BCUT2D eigenvalue weighted by Crippen LogP contribution is -2.38. The molecule has 1 saturated heterocycles. The first-order valence-corrected chi connectivity index (χ1v) is 9.26. The van der Waals surface area contributed by atoms with E-state index in [9.17, 15) is 0 Å². The molecule has 1 aromatic carbocycles. The van der Waals surface area contributed by atoms with Gasteiger partial charge < -0.3 is 4.74 Å². The summed E-state index contributed by atoms with van der Waals surface area (Å²) in [6.07, 6.45) is 9.53. The molecule has 0 aromatic heterocycles. The Morgan fingerprint density at radius 2 is 1.78 bits per heavy atom. The zero-order valence-electron chi connectivity index (χ0n) is 15.7. The summed E-state index contributed by atoms with van der Waals surface area (Å²) in [6.45, 7) is 13.1. The minimum absolute atomic E-state index is 0.125. The zero-order chi connectivity index (χ0) is 16.9. The van der Waals surface area contributed by atoms with Crippen LogP contribution in [-0.4, -0.2) is 13.2 Å². The predicted molar refractivity (Wildman–Crippen MR) is 100 cm³/mol. The summed E-state index contributed by atoms with van der Waals surface area (Å²) in [5.41, 5.74) is 3.20. The van der Waals surface area contributed by atoms with Gasteiger partial charge in [-0.25, -0.2) is 0 Å². The highest BCUT2D eigenvalue weighted by atomic mass is 16.5. The van der Waals surface area contributed by atoms with Crippen molar-refractivity contribution in [3.05, 3.63) is 47.5 Å². The molecule has 2 unspecified atom stereocenters. The number of ether oxygens (including phenoxy) is 1. The van der Waals surface area contributed by atoms with E-state index in [4.69, 9.17) is 4.74 Å². The second-order valence-corrected chi connectivity index (χ2v) is 8.03. The second kappa shape index (κ2) is 7.66. The third kappa shape index (κ3) is 4.07. The average Bonchev–Trinajstić information content (AvgIpc) is 2.55. The first kappa shape index (κ1) is 18.3. The number of rotatable bonds is 5. The standard InChI is InChI=1S/C22H34O/c1-6-14-22(15-7-2,20-9-8-16-23-17-20)19-12-10-18(11-13-19)21(3,4)5/h6,10-14,20H,7-9,15-17H2,1-5H3. The van der Waals surface area contributed by atoms with E-state index in [2.05, 4.69) is 71.0 Å². The summed E-state index contributed by atoms with van der Waals surface area (Å²) in [6, 6.07) is 9.38. The molecule has 23 heavy (non-hydrogen) atoms. The van der Waals surface area contributed by atoms with Crippen LogP contribution in [0.25, 0.3) is 0 Å². The third-order valence-electron chi connectivity index (χ3n) is 5.30. The molecule has 0 aliphatic carbocycles. The van der Waals surface area contributed by atoms with Gasteiger partial charge in [-0.2, -0.15) is 0 Å². The van der Waals surface area contributed by atoms with Crippen LogP contribution in [0.1, 0.15) is 71.4 Å². The highest BCUT2D eigenvalue weighted by molar-refractivity contribution is 5.36. The lowest BCUT2D eigenvalue weighted by Gasteiger charge is -2.41. The van der Waals surface area contributed by atoms with Crippen molar-refractivity contribution >= 4 is 0 Å². The van der Waals surface area contributed by atoms with E-state index in [-0.39, 0.29) is 10.8 Å². The lowest BCUT2D eigenvalue weighted by atomic mass is 9.65. The van der Waals surface area contributed by atoms with E-state index in [1.807, 2.05) is 0 Å². The minimum atomic E-state index is 0.125. The van der Waals surface area contributed by atoms with Crippen molar-refractivity contribution in [3.8, 4) is 0 Å². The molecule has 0 amide bonds. The highest BCUT2D eigenvalue weighted by Crippen LogP contribution is 2.43. The van der Waals surface area contributed by atoms with Gasteiger partial charge in [0.05, 0.1) is 6.61 Å². The molecule has 0 saturated carbocycles. The smallest absolute Gasteiger partial charge is 0.0505 e. The Labute approximate surface area is 143 Å². The zero-order valence-corrected chi connectivity index (χ0v) is 15.7. The van der Waals surface area contributed by atoms with E-state index in [1.54, 1.807) is 0 Å². The molecule has 1 aromatic rings. The molecule has 2 rings (SSSR count). The molecule has 2 atom stereocenters. The second-order valence-electron chi connectivity index (χ2n) is 8.03. The van der Waals surface area contributed by atoms with Crippen molar-refractivity contribution in [2.24, 2.45) is 5.92 Å². The maximum absolute atomic E-state index is 5.85. The first-order valence-electron chi connectivity index (χ1n) is 9.26. The molecular weight excluding hydrogens is 280 g/mol. The fourth-order valence-electron chi connectivity index (χ4n) is 4.04. The Morgan fingerprint density at radius 3 is 2.26 bits per heavy atom. The van der Waals surface area contributed by atoms with Gasteiger partial charge >= 0.3 is 0 Å². The van der Waals surface area contributed by atoms with Crippen molar-refractivity contribution in [3.63, 3.8) is 0 Å². The van der Waals surface area contributed by atoms with E-state index < -0.39 is 0 Å². The Kier molecular flexibility index (Phi) is 6.08. The minimum Gasteiger partial charge on any atom is -0.381 e. The average molecular weight is 315 g/mol. The van der Waals surface area contributed by atoms with Crippen molar-refractivity contribution in [1.82, 2.24) is 0 Å². The van der Waals surface area contributed by atoms with Gasteiger partial charge in [-0.05, 0) is 48.6 Å². The molecule has 1 fully saturated rings. The Hall–Kier alpha value is -1.08. The summed E-state index contributed by atoms with van der Waals surface area (Å²) in [5.74, 6) is 0.591. The summed E-state index contributed by atoms with van der Waals surface area (Å²) >= 11 is 0. The van der Waals surface area contributed by atoms with Gasteiger partial charge in [-0.3, -0.25) is 0 Å². The van der Waals surface area contributed by atoms with Gasteiger partial charge in [-0.1, -0.05) is 70.5 Å². The van der Waals surface area contributed by atoms with Crippen LogP contribution < -0.4 is 0 Å². The molecular formula is C22H34O. The maximum atomic E-state index is 5.85. The quantitative estimate of drug-likeness (QED) is 0.603. The van der Waals surface area contributed by atoms with Gasteiger partial charge in [0.2, 0.25) is 0 Å².